The molecule has 1 aromatic carbocycles. The van der Waals surface area contributed by atoms with Crippen molar-refractivity contribution >= 4 is 46.0 Å². The number of carbonyl (C=O) groups is 3. The number of nitrogens with one attached hydrogen (secondary N) is 2. The van der Waals surface area contributed by atoms with Gasteiger partial charge in [0.05, 0.1) is 5.75 Å². The molecule has 0 radical (unpaired) electrons. The number of aryl methyl sites for hydroxylation is 1. The summed E-state index contributed by atoms with van der Waals surface area (Å²) in [5.41, 5.74) is 6.18. The molecule has 0 spiro atoms. The minimum absolute atomic E-state index is 0.0277. The third-order valence-corrected chi connectivity index (χ3v) is 5.01. The second kappa shape index (κ2) is 8.79. The molecule has 6 nitrogen and oxygen atoms in total. The average molecular weight is 365 g/mol. The fourth-order valence-electron chi connectivity index (χ4n) is 2.24. The van der Waals surface area contributed by atoms with Crippen molar-refractivity contribution in [1.29, 1.82) is 0 Å². The van der Waals surface area contributed by atoms with E-state index in [1.54, 1.807) is 17.0 Å². The van der Waals surface area contributed by atoms with Crippen LogP contribution >= 0.6 is 24.0 Å². The molecule has 1 aliphatic rings. The van der Waals surface area contributed by atoms with Gasteiger partial charge < -0.3 is 0 Å². The Kier molecular flexibility index (Phi) is 6.74. The molecule has 24 heavy (non-hydrogen) atoms. The van der Waals surface area contributed by atoms with Crippen LogP contribution < -0.4 is 10.9 Å². The summed E-state index contributed by atoms with van der Waals surface area (Å²) in [4.78, 5) is 36.8. The van der Waals surface area contributed by atoms with Gasteiger partial charge in [-0.1, -0.05) is 42.2 Å². The lowest BCUT2D eigenvalue weighted by molar-refractivity contribution is -0.124. The molecule has 128 valence electrons. The Hall–Kier alpha value is -1.93. The van der Waals surface area contributed by atoms with Gasteiger partial charge in [0.2, 0.25) is 11.8 Å². The van der Waals surface area contributed by atoms with Gasteiger partial charge in [0.15, 0.2) is 0 Å². The molecule has 1 fully saturated rings. The predicted octanol–water partition coefficient (Wildman–Crippen LogP) is 1.79. The average Bonchev–Trinajstić information content (AvgIpc) is 2.88. The molecule has 1 heterocycles. The number of thiocarbonyl (C=S) groups is 1. The molecule has 8 heteroatoms. The summed E-state index contributed by atoms with van der Waals surface area (Å²) in [6, 6.07) is 7.15. The zero-order valence-electron chi connectivity index (χ0n) is 13.3. The number of rotatable bonds is 6. The van der Waals surface area contributed by atoms with Crippen molar-refractivity contribution in [2.24, 2.45) is 0 Å². The van der Waals surface area contributed by atoms with Gasteiger partial charge in [0.1, 0.15) is 4.32 Å². The lowest BCUT2D eigenvalue weighted by atomic mass is 10.1. The van der Waals surface area contributed by atoms with Crippen LogP contribution in [0.5, 0.6) is 0 Å². The number of thioether (sulfide) groups is 1. The van der Waals surface area contributed by atoms with Crippen molar-refractivity contribution in [3.63, 3.8) is 0 Å². The quantitative estimate of drug-likeness (QED) is 0.456. The monoisotopic (exact) mass is 365 g/mol. The maximum Gasteiger partial charge on any atom is 0.269 e. The Morgan fingerprint density at radius 1 is 1.25 bits per heavy atom. The minimum Gasteiger partial charge on any atom is -0.297 e. The van der Waals surface area contributed by atoms with Crippen molar-refractivity contribution < 1.29 is 14.4 Å². The fraction of sp³-hybridized carbons (Fsp3) is 0.375. The first kappa shape index (κ1) is 18.4. The molecule has 0 aromatic heterocycles. The number of hydrogen-bond acceptors (Lipinski definition) is 5. The highest BCUT2D eigenvalue weighted by Gasteiger charge is 2.25. The number of hydrazine groups is 1. The summed E-state index contributed by atoms with van der Waals surface area (Å²) in [6.45, 7) is 2.37. The molecule has 1 aromatic rings. The smallest absolute Gasteiger partial charge is 0.269 e. The summed E-state index contributed by atoms with van der Waals surface area (Å²) in [6.07, 6.45) is 1.57. The first-order chi connectivity index (χ1) is 11.5. The molecule has 0 aliphatic carbocycles. The van der Waals surface area contributed by atoms with Gasteiger partial charge in [0.25, 0.3) is 5.91 Å². The molecule has 0 unspecified atom stereocenters. The number of benzene rings is 1. The van der Waals surface area contributed by atoms with Crippen LogP contribution in [0.4, 0.5) is 0 Å². The highest BCUT2D eigenvalue weighted by atomic mass is 32.2. The van der Waals surface area contributed by atoms with Crippen LogP contribution in [-0.4, -0.2) is 39.2 Å². The first-order valence-corrected chi connectivity index (χ1v) is 9.00. The van der Waals surface area contributed by atoms with Gasteiger partial charge in [0, 0.05) is 18.5 Å². The summed E-state index contributed by atoms with van der Waals surface area (Å²) in [7, 11) is 0. The molecule has 1 aliphatic heterocycles. The van der Waals surface area contributed by atoms with Crippen LogP contribution in [0.3, 0.4) is 0 Å². The van der Waals surface area contributed by atoms with Crippen LogP contribution in [0.25, 0.3) is 0 Å². The highest BCUT2D eigenvalue weighted by molar-refractivity contribution is 8.23. The molecule has 3 amide bonds. The van der Waals surface area contributed by atoms with Gasteiger partial charge >= 0.3 is 0 Å². The second-order valence-corrected chi connectivity index (χ2v) is 6.98. The zero-order valence-corrected chi connectivity index (χ0v) is 15.0. The molecule has 2 N–H and O–H groups in total. The number of unbranched alkanes of at least 4 members (excludes halogenated alkanes) is 1. The molecular formula is C16H19N3O3S2. The number of carbonyl (C=O) groups excluding carboxylic acids is 3. The Morgan fingerprint density at radius 3 is 2.67 bits per heavy atom. The highest BCUT2D eigenvalue weighted by Crippen LogP contribution is 2.19. The molecule has 0 bridgehead atoms. The fourth-order valence-corrected chi connectivity index (χ4v) is 3.36. The Bertz CT molecular complexity index is 648. The van der Waals surface area contributed by atoms with E-state index in [9.17, 15) is 14.4 Å². The molecular weight excluding hydrogens is 346 g/mol. The van der Waals surface area contributed by atoms with Gasteiger partial charge in [-0.25, -0.2) is 0 Å². The summed E-state index contributed by atoms with van der Waals surface area (Å²) in [5.74, 6) is -0.169. The van der Waals surface area contributed by atoms with Crippen LogP contribution in [0.15, 0.2) is 24.3 Å². The van der Waals surface area contributed by atoms with E-state index < -0.39 is 0 Å². The van der Waals surface area contributed by atoms with Crippen molar-refractivity contribution in [2.75, 3.05) is 12.3 Å². The van der Waals surface area contributed by atoms with Crippen LogP contribution in [0, 0.1) is 6.92 Å². The maximum absolute atomic E-state index is 12.0. The van der Waals surface area contributed by atoms with Crippen molar-refractivity contribution in [3.05, 3.63) is 35.4 Å². The van der Waals surface area contributed by atoms with E-state index in [4.69, 9.17) is 12.2 Å². The van der Waals surface area contributed by atoms with Gasteiger partial charge in [-0.05, 0) is 31.4 Å². The van der Waals surface area contributed by atoms with Gasteiger partial charge in [-0.2, -0.15) is 0 Å². The Labute approximate surface area is 150 Å². The van der Waals surface area contributed by atoms with E-state index >= 15 is 0 Å². The largest absolute Gasteiger partial charge is 0.297 e. The summed E-state index contributed by atoms with van der Waals surface area (Å²) < 4.78 is 0.606. The number of amides is 3. The summed E-state index contributed by atoms with van der Waals surface area (Å²) in [5, 5.41) is 0. The standard InChI is InChI=1S/C16H19N3O3S2/c1-11-6-2-3-7-12(11)15(22)18-17-13(20)8-4-5-9-19-14(21)10-24-16(19)23/h2-3,6-7H,4-5,8-10H2,1H3,(H,17,20)(H,18,22). The Balaban J connectivity index is 1.65. The topological polar surface area (TPSA) is 78.5 Å². The molecule has 1 saturated heterocycles. The second-order valence-electron chi connectivity index (χ2n) is 5.37. The third kappa shape index (κ3) is 5.04. The van der Waals surface area contributed by atoms with E-state index in [1.165, 1.54) is 11.8 Å². The molecule has 0 saturated carbocycles. The normalized spacial score (nSPS) is 14.0. The van der Waals surface area contributed by atoms with E-state index in [2.05, 4.69) is 10.9 Å². The lowest BCUT2D eigenvalue weighted by Gasteiger charge is -2.14. The maximum atomic E-state index is 12.0. The first-order valence-electron chi connectivity index (χ1n) is 7.61. The van der Waals surface area contributed by atoms with Crippen molar-refractivity contribution in [2.45, 2.75) is 26.2 Å². The van der Waals surface area contributed by atoms with E-state index in [0.29, 0.717) is 35.0 Å². The van der Waals surface area contributed by atoms with Crippen molar-refractivity contribution in [3.8, 4) is 0 Å². The van der Waals surface area contributed by atoms with Crippen LogP contribution in [0.2, 0.25) is 0 Å². The van der Waals surface area contributed by atoms with E-state index in [-0.39, 0.29) is 24.1 Å². The zero-order chi connectivity index (χ0) is 17.5. The predicted molar refractivity (Wildman–Crippen MR) is 97.4 cm³/mol. The van der Waals surface area contributed by atoms with Crippen molar-refractivity contribution in [1.82, 2.24) is 15.8 Å². The lowest BCUT2D eigenvalue weighted by Crippen LogP contribution is -2.41. The minimum atomic E-state index is -0.341. The number of hydrogen-bond donors (Lipinski definition) is 2. The van der Waals surface area contributed by atoms with Crippen LogP contribution in [-0.2, 0) is 9.59 Å². The van der Waals surface area contributed by atoms with E-state index in [1.807, 2.05) is 19.1 Å². The Morgan fingerprint density at radius 2 is 2.00 bits per heavy atom. The SMILES string of the molecule is Cc1ccccc1C(=O)NNC(=O)CCCCN1C(=O)CSC1=S. The summed E-state index contributed by atoms with van der Waals surface area (Å²) >= 11 is 6.46. The van der Waals surface area contributed by atoms with Gasteiger partial charge in [-0.15, -0.1) is 0 Å². The number of nitrogens with zero attached hydrogens (tertiary/aromatic N) is 1. The van der Waals surface area contributed by atoms with Gasteiger partial charge in [-0.3, -0.25) is 30.1 Å². The van der Waals surface area contributed by atoms with E-state index in [0.717, 1.165) is 5.56 Å². The third-order valence-electron chi connectivity index (χ3n) is 3.58. The molecule has 0 atom stereocenters. The molecule has 2 rings (SSSR count). The van der Waals surface area contributed by atoms with Crippen LogP contribution in [0.1, 0.15) is 35.2 Å².